The van der Waals surface area contributed by atoms with E-state index in [1.807, 2.05) is 50.2 Å². The van der Waals surface area contributed by atoms with Crippen LogP contribution < -0.4 is 10.5 Å². The molecule has 1 aromatic heterocycles. The second-order valence-electron chi connectivity index (χ2n) is 5.17. The van der Waals surface area contributed by atoms with E-state index in [-0.39, 0.29) is 6.10 Å². The summed E-state index contributed by atoms with van der Waals surface area (Å²) in [5.41, 5.74) is 9.08. The fourth-order valence-electron chi connectivity index (χ4n) is 2.20. The number of ether oxygens (including phenoxy) is 1. The zero-order valence-corrected chi connectivity index (χ0v) is 12.6. The van der Waals surface area contributed by atoms with Crippen molar-refractivity contribution in [2.24, 2.45) is 0 Å². The Bertz CT molecular complexity index is 795. The Morgan fingerprint density at radius 2 is 2.00 bits per heavy atom. The fourth-order valence-corrected chi connectivity index (χ4v) is 2.37. The van der Waals surface area contributed by atoms with Crippen LogP contribution in [0, 0.1) is 0 Å². The zero-order valence-electron chi connectivity index (χ0n) is 11.9. The summed E-state index contributed by atoms with van der Waals surface area (Å²) in [6, 6.07) is 11.1. The van der Waals surface area contributed by atoms with Gasteiger partial charge in [-0.15, -0.1) is 0 Å². The molecule has 0 radical (unpaired) electrons. The second-order valence-corrected chi connectivity index (χ2v) is 5.61. The molecule has 5 heteroatoms. The number of halogens is 1. The molecule has 0 aliphatic rings. The number of nitrogens with zero attached hydrogens (tertiary/aromatic N) is 1. The van der Waals surface area contributed by atoms with Gasteiger partial charge >= 0.3 is 0 Å². The molecule has 2 aromatic carbocycles. The minimum atomic E-state index is 0.0740. The Morgan fingerprint density at radius 1 is 1.19 bits per heavy atom. The number of aromatic amines is 1. The standard InChI is InChI=1S/C16H16ClN3O/c1-9(2)21-15-6-3-10(17)7-12(15)16-19-13-5-4-11(18)8-14(13)20-16/h3-9H,18H2,1-2H3,(H,19,20). The van der Waals surface area contributed by atoms with Crippen LogP contribution in [0.1, 0.15) is 13.8 Å². The Kier molecular flexibility index (Phi) is 3.47. The van der Waals surface area contributed by atoms with Gasteiger partial charge in [-0.3, -0.25) is 0 Å². The van der Waals surface area contributed by atoms with Gasteiger partial charge in [-0.1, -0.05) is 11.6 Å². The third-order valence-corrected chi connectivity index (χ3v) is 3.30. The zero-order chi connectivity index (χ0) is 15.0. The summed E-state index contributed by atoms with van der Waals surface area (Å²) in [6.45, 7) is 3.97. The summed E-state index contributed by atoms with van der Waals surface area (Å²) in [5.74, 6) is 1.47. The van der Waals surface area contributed by atoms with Gasteiger partial charge in [-0.2, -0.15) is 0 Å². The first-order valence-corrected chi connectivity index (χ1v) is 7.12. The summed E-state index contributed by atoms with van der Waals surface area (Å²) < 4.78 is 5.83. The van der Waals surface area contributed by atoms with E-state index in [0.29, 0.717) is 16.5 Å². The van der Waals surface area contributed by atoms with Crippen molar-refractivity contribution in [3.63, 3.8) is 0 Å². The van der Waals surface area contributed by atoms with Gasteiger partial charge in [-0.25, -0.2) is 4.98 Å². The van der Waals surface area contributed by atoms with Crippen molar-refractivity contribution in [1.29, 1.82) is 0 Å². The van der Waals surface area contributed by atoms with Gasteiger partial charge in [0.1, 0.15) is 11.6 Å². The Hall–Kier alpha value is -2.20. The Morgan fingerprint density at radius 3 is 2.76 bits per heavy atom. The average Bonchev–Trinajstić information content (AvgIpc) is 2.83. The van der Waals surface area contributed by atoms with Crippen molar-refractivity contribution in [2.75, 3.05) is 5.73 Å². The minimum Gasteiger partial charge on any atom is -0.490 e. The van der Waals surface area contributed by atoms with Gasteiger partial charge in [0.05, 0.1) is 22.7 Å². The number of nitrogen functional groups attached to an aromatic ring is 1. The quantitative estimate of drug-likeness (QED) is 0.711. The van der Waals surface area contributed by atoms with E-state index in [4.69, 9.17) is 22.1 Å². The largest absolute Gasteiger partial charge is 0.490 e. The molecule has 108 valence electrons. The number of rotatable bonds is 3. The highest BCUT2D eigenvalue weighted by molar-refractivity contribution is 6.30. The van der Waals surface area contributed by atoms with Crippen molar-refractivity contribution in [1.82, 2.24) is 9.97 Å². The summed E-state index contributed by atoms with van der Waals surface area (Å²) in [6.07, 6.45) is 0.0740. The number of hydrogen-bond donors (Lipinski definition) is 2. The fraction of sp³-hybridized carbons (Fsp3) is 0.188. The van der Waals surface area contributed by atoms with E-state index in [0.717, 1.165) is 22.3 Å². The summed E-state index contributed by atoms with van der Waals surface area (Å²) in [4.78, 5) is 7.85. The van der Waals surface area contributed by atoms with Crippen LogP contribution in [0.3, 0.4) is 0 Å². The van der Waals surface area contributed by atoms with E-state index in [2.05, 4.69) is 9.97 Å². The van der Waals surface area contributed by atoms with Gasteiger partial charge in [0.25, 0.3) is 0 Å². The van der Waals surface area contributed by atoms with Crippen molar-refractivity contribution < 1.29 is 4.74 Å². The molecule has 3 N–H and O–H groups in total. The third-order valence-electron chi connectivity index (χ3n) is 3.07. The van der Waals surface area contributed by atoms with E-state index in [1.165, 1.54) is 0 Å². The monoisotopic (exact) mass is 301 g/mol. The van der Waals surface area contributed by atoms with Gasteiger partial charge in [0.2, 0.25) is 0 Å². The number of nitrogens with two attached hydrogens (primary N) is 1. The first kappa shape index (κ1) is 13.8. The number of anilines is 1. The highest BCUT2D eigenvalue weighted by Crippen LogP contribution is 2.33. The lowest BCUT2D eigenvalue weighted by molar-refractivity contribution is 0.243. The lowest BCUT2D eigenvalue weighted by Crippen LogP contribution is -2.06. The predicted octanol–water partition coefficient (Wildman–Crippen LogP) is 4.25. The van der Waals surface area contributed by atoms with Crippen molar-refractivity contribution in [3.8, 4) is 17.1 Å². The molecule has 3 rings (SSSR count). The van der Waals surface area contributed by atoms with Crippen LogP contribution in [0.5, 0.6) is 5.75 Å². The molecule has 0 atom stereocenters. The van der Waals surface area contributed by atoms with E-state index in [1.54, 1.807) is 0 Å². The summed E-state index contributed by atoms with van der Waals surface area (Å²) in [5, 5.41) is 0.640. The maximum Gasteiger partial charge on any atom is 0.142 e. The topological polar surface area (TPSA) is 63.9 Å². The average molecular weight is 302 g/mol. The summed E-state index contributed by atoms with van der Waals surface area (Å²) in [7, 11) is 0. The van der Waals surface area contributed by atoms with E-state index in [9.17, 15) is 0 Å². The van der Waals surface area contributed by atoms with Gasteiger partial charge < -0.3 is 15.5 Å². The number of imidazole rings is 1. The molecule has 21 heavy (non-hydrogen) atoms. The molecule has 0 saturated heterocycles. The Balaban J connectivity index is 2.14. The smallest absolute Gasteiger partial charge is 0.142 e. The molecular formula is C16H16ClN3O. The molecule has 0 bridgehead atoms. The third kappa shape index (κ3) is 2.81. The maximum atomic E-state index is 6.11. The highest BCUT2D eigenvalue weighted by atomic mass is 35.5. The highest BCUT2D eigenvalue weighted by Gasteiger charge is 2.13. The number of nitrogens with one attached hydrogen (secondary N) is 1. The number of hydrogen-bond acceptors (Lipinski definition) is 3. The normalized spacial score (nSPS) is 11.2. The molecule has 0 saturated carbocycles. The van der Waals surface area contributed by atoms with Crippen LogP contribution in [0.15, 0.2) is 36.4 Å². The van der Waals surface area contributed by atoms with Crippen molar-refractivity contribution in [2.45, 2.75) is 20.0 Å². The lowest BCUT2D eigenvalue weighted by Gasteiger charge is -2.13. The lowest BCUT2D eigenvalue weighted by atomic mass is 10.2. The predicted molar refractivity (Wildman–Crippen MR) is 86.7 cm³/mol. The molecule has 0 fully saturated rings. The first-order chi connectivity index (χ1) is 10.0. The molecule has 0 unspecified atom stereocenters. The number of fused-ring (bicyclic) bond motifs is 1. The first-order valence-electron chi connectivity index (χ1n) is 6.75. The van der Waals surface area contributed by atoms with E-state index < -0.39 is 0 Å². The van der Waals surface area contributed by atoms with Crippen LogP contribution in [-0.4, -0.2) is 16.1 Å². The van der Waals surface area contributed by atoms with Crippen molar-refractivity contribution in [3.05, 3.63) is 41.4 Å². The molecule has 0 spiro atoms. The Labute approximate surface area is 127 Å². The number of aromatic nitrogens is 2. The van der Waals surface area contributed by atoms with Gasteiger partial charge in [0, 0.05) is 10.7 Å². The SMILES string of the molecule is CC(C)Oc1ccc(Cl)cc1-c1nc2ccc(N)cc2[nH]1. The van der Waals surface area contributed by atoms with Crippen LogP contribution in [0.2, 0.25) is 5.02 Å². The van der Waals surface area contributed by atoms with Gasteiger partial charge in [0.15, 0.2) is 0 Å². The van der Waals surface area contributed by atoms with Crippen LogP contribution in [0.4, 0.5) is 5.69 Å². The molecular weight excluding hydrogens is 286 g/mol. The summed E-state index contributed by atoms with van der Waals surface area (Å²) >= 11 is 6.11. The maximum absolute atomic E-state index is 6.11. The molecule has 3 aromatic rings. The van der Waals surface area contributed by atoms with Gasteiger partial charge in [-0.05, 0) is 50.2 Å². The van der Waals surface area contributed by atoms with Crippen LogP contribution in [-0.2, 0) is 0 Å². The van der Waals surface area contributed by atoms with Crippen LogP contribution >= 0.6 is 11.6 Å². The minimum absolute atomic E-state index is 0.0740. The van der Waals surface area contributed by atoms with Crippen LogP contribution in [0.25, 0.3) is 22.4 Å². The molecule has 0 amide bonds. The molecule has 0 aliphatic heterocycles. The second kappa shape index (κ2) is 5.30. The van der Waals surface area contributed by atoms with E-state index >= 15 is 0 Å². The molecule has 1 heterocycles. The van der Waals surface area contributed by atoms with Crippen molar-refractivity contribution >= 4 is 28.3 Å². The number of benzene rings is 2. The number of H-pyrrole nitrogens is 1. The molecule has 4 nitrogen and oxygen atoms in total. The molecule has 0 aliphatic carbocycles.